The molecule has 0 radical (unpaired) electrons. The predicted molar refractivity (Wildman–Crippen MR) is 94.0 cm³/mol. The first-order chi connectivity index (χ1) is 11.9. The fourth-order valence-electron chi connectivity index (χ4n) is 3.53. The molecular formula is C16H24N2O5S2. The van der Waals surface area contributed by atoms with Crippen LogP contribution in [0.4, 0.5) is 0 Å². The van der Waals surface area contributed by atoms with Crippen molar-refractivity contribution in [2.24, 2.45) is 0 Å². The fourth-order valence-corrected chi connectivity index (χ4v) is 5.85. The number of hydrogen-bond donors (Lipinski definition) is 0. The standard InChI is InChI=1S/C16H24N2O5S2/c1-17(25(20,21)16-4-3-9-24-16)11-15(19)18-7-8-23-14-6-5-12(22-2)10-13(14)18/h3-4,9,12-14H,5-8,10-11H2,1-2H3/t12-,13+,14+/m1/s1. The highest BCUT2D eigenvalue weighted by atomic mass is 32.2. The van der Waals surface area contributed by atoms with Crippen molar-refractivity contribution in [3.63, 3.8) is 0 Å². The zero-order chi connectivity index (χ0) is 18.0. The van der Waals surface area contributed by atoms with Gasteiger partial charge >= 0.3 is 0 Å². The van der Waals surface area contributed by atoms with Gasteiger partial charge in [-0.05, 0) is 30.7 Å². The summed E-state index contributed by atoms with van der Waals surface area (Å²) >= 11 is 1.15. The molecule has 2 fully saturated rings. The minimum absolute atomic E-state index is 0.0170. The molecule has 2 aliphatic rings. The summed E-state index contributed by atoms with van der Waals surface area (Å²) in [6.45, 7) is 0.816. The minimum atomic E-state index is -3.63. The number of likely N-dealkylation sites (N-methyl/N-ethyl adjacent to an activating group) is 1. The Bertz CT molecular complexity index is 691. The van der Waals surface area contributed by atoms with Crippen LogP contribution in [0.3, 0.4) is 0 Å². The van der Waals surface area contributed by atoms with E-state index in [1.165, 1.54) is 7.05 Å². The molecule has 3 atom stereocenters. The lowest BCUT2D eigenvalue weighted by Crippen LogP contribution is -2.58. The van der Waals surface area contributed by atoms with E-state index in [1.807, 2.05) is 0 Å². The molecule has 1 saturated carbocycles. The second-order valence-electron chi connectivity index (χ2n) is 6.43. The van der Waals surface area contributed by atoms with Gasteiger partial charge in [0, 0.05) is 20.7 Å². The molecule has 0 N–H and O–H groups in total. The molecular weight excluding hydrogens is 364 g/mol. The number of morpholine rings is 1. The number of ether oxygens (including phenoxy) is 2. The second kappa shape index (κ2) is 7.71. The van der Waals surface area contributed by atoms with Crippen LogP contribution in [0.15, 0.2) is 21.7 Å². The minimum Gasteiger partial charge on any atom is -0.381 e. The highest BCUT2D eigenvalue weighted by Crippen LogP contribution is 2.30. The number of sulfonamides is 1. The molecule has 1 aromatic heterocycles. The first kappa shape index (κ1) is 18.8. The van der Waals surface area contributed by atoms with E-state index in [0.717, 1.165) is 34.9 Å². The summed E-state index contributed by atoms with van der Waals surface area (Å²) < 4.78 is 37.7. The van der Waals surface area contributed by atoms with E-state index in [-0.39, 0.29) is 34.9 Å². The third-order valence-electron chi connectivity index (χ3n) is 4.94. The molecule has 1 aliphatic carbocycles. The van der Waals surface area contributed by atoms with Crippen LogP contribution in [-0.4, -0.2) is 75.6 Å². The molecule has 9 heteroatoms. The van der Waals surface area contributed by atoms with Crippen LogP contribution in [-0.2, 0) is 24.3 Å². The molecule has 1 amide bonds. The monoisotopic (exact) mass is 388 g/mol. The van der Waals surface area contributed by atoms with Crippen molar-refractivity contribution in [3.05, 3.63) is 17.5 Å². The molecule has 1 saturated heterocycles. The van der Waals surface area contributed by atoms with Crippen molar-refractivity contribution in [1.29, 1.82) is 0 Å². The normalized spacial score (nSPS) is 27.3. The Morgan fingerprint density at radius 1 is 1.48 bits per heavy atom. The van der Waals surface area contributed by atoms with Crippen molar-refractivity contribution in [2.45, 2.75) is 41.7 Å². The molecule has 0 bridgehead atoms. The van der Waals surface area contributed by atoms with Crippen molar-refractivity contribution in [1.82, 2.24) is 9.21 Å². The Labute approximate surface area is 152 Å². The number of rotatable bonds is 5. The van der Waals surface area contributed by atoms with Gasteiger partial charge in [-0.3, -0.25) is 4.79 Å². The molecule has 0 spiro atoms. The summed E-state index contributed by atoms with van der Waals surface area (Å²) in [5.74, 6) is -0.183. The van der Waals surface area contributed by atoms with Gasteiger partial charge in [0.2, 0.25) is 5.91 Å². The number of thiophene rings is 1. The summed E-state index contributed by atoms with van der Waals surface area (Å²) in [7, 11) is -0.495. The maximum Gasteiger partial charge on any atom is 0.252 e. The first-order valence-corrected chi connectivity index (χ1v) is 10.7. The summed E-state index contributed by atoms with van der Waals surface area (Å²) in [4.78, 5) is 14.6. The van der Waals surface area contributed by atoms with E-state index < -0.39 is 10.0 Å². The molecule has 0 aromatic carbocycles. The lowest BCUT2D eigenvalue weighted by molar-refractivity contribution is -0.154. The van der Waals surface area contributed by atoms with Gasteiger partial charge in [0.25, 0.3) is 10.0 Å². The topological polar surface area (TPSA) is 76.2 Å². The summed E-state index contributed by atoms with van der Waals surface area (Å²) in [5, 5.41) is 1.71. The van der Waals surface area contributed by atoms with E-state index in [4.69, 9.17) is 9.47 Å². The van der Waals surface area contributed by atoms with E-state index in [1.54, 1.807) is 29.5 Å². The van der Waals surface area contributed by atoms with Crippen LogP contribution in [0.2, 0.25) is 0 Å². The Morgan fingerprint density at radius 2 is 2.28 bits per heavy atom. The number of amides is 1. The third kappa shape index (κ3) is 3.90. The highest BCUT2D eigenvalue weighted by molar-refractivity contribution is 7.91. The van der Waals surface area contributed by atoms with E-state index in [9.17, 15) is 13.2 Å². The van der Waals surface area contributed by atoms with E-state index in [2.05, 4.69) is 0 Å². The highest BCUT2D eigenvalue weighted by Gasteiger charge is 2.40. The lowest BCUT2D eigenvalue weighted by Gasteiger charge is -2.45. The van der Waals surface area contributed by atoms with Crippen molar-refractivity contribution < 1.29 is 22.7 Å². The number of nitrogens with zero attached hydrogens (tertiary/aromatic N) is 2. The molecule has 1 aliphatic heterocycles. The summed E-state index contributed by atoms with van der Waals surface area (Å²) in [6.07, 6.45) is 2.64. The number of methoxy groups -OCH3 is 1. The van der Waals surface area contributed by atoms with Crippen LogP contribution in [0.25, 0.3) is 0 Å². The van der Waals surface area contributed by atoms with Gasteiger partial charge in [-0.2, -0.15) is 4.31 Å². The van der Waals surface area contributed by atoms with Crippen LogP contribution in [0.1, 0.15) is 19.3 Å². The molecule has 7 nitrogen and oxygen atoms in total. The van der Waals surface area contributed by atoms with E-state index in [0.29, 0.717) is 13.2 Å². The number of carbonyl (C=O) groups is 1. The van der Waals surface area contributed by atoms with Crippen LogP contribution in [0.5, 0.6) is 0 Å². The van der Waals surface area contributed by atoms with Crippen molar-refractivity contribution in [3.8, 4) is 0 Å². The first-order valence-electron chi connectivity index (χ1n) is 8.37. The molecule has 0 unspecified atom stereocenters. The van der Waals surface area contributed by atoms with Crippen molar-refractivity contribution >= 4 is 27.3 Å². The number of hydrogen-bond acceptors (Lipinski definition) is 6. The van der Waals surface area contributed by atoms with Crippen LogP contribution in [0, 0.1) is 0 Å². The molecule has 2 heterocycles. The van der Waals surface area contributed by atoms with Gasteiger partial charge in [0.1, 0.15) is 4.21 Å². The predicted octanol–water partition coefficient (Wildman–Crippen LogP) is 1.16. The Hall–Kier alpha value is -1.00. The number of carbonyl (C=O) groups excluding carboxylic acids is 1. The van der Waals surface area contributed by atoms with Gasteiger partial charge in [0.05, 0.1) is 31.4 Å². The second-order valence-corrected chi connectivity index (χ2v) is 9.65. The SMILES string of the molecule is CO[C@@H]1CC[C@@H]2OCCN(C(=O)CN(C)S(=O)(=O)c3cccs3)[C@H]2C1. The number of fused-ring (bicyclic) bond motifs is 1. The molecule has 25 heavy (non-hydrogen) atoms. The average Bonchev–Trinajstić information content (AvgIpc) is 3.16. The van der Waals surface area contributed by atoms with Gasteiger partial charge in [-0.1, -0.05) is 6.07 Å². The summed E-state index contributed by atoms with van der Waals surface area (Å²) in [6, 6.07) is 3.20. The summed E-state index contributed by atoms with van der Waals surface area (Å²) in [5.41, 5.74) is 0. The zero-order valence-corrected chi connectivity index (χ0v) is 16.1. The smallest absolute Gasteiger partial charge is 0.252 e. The van der Waals surface area contributed by atoms with E-state index >= 15 is 0 Å². The maximum absolute atomic E-state index is 12.8. The van der Waals surface area contributed by atoms with Crippen molar-refractivity contribution in [2.75, 3.05) is 33.9 Å². The molecule has 140 valence electrons. The van der Waals surface area contributed by atoms with Crippen LogP contribution < -0.4 is 0 Å². The van der Waals surface area contributed by atoms with Gasteiger partial charge in [-0.25, -0.2) is 8.42 Å². The maximum atomic E-state index is 12.8. The zero-order valence-electron chi connectivity index (χ0n) is 14.5. The molecule has 1 aromatic rings. The van der Waals surface area contributed by atoms with Gasteiger partial charge in [0.15, 0.2) is 0 Å². The average molecular weight is 389 g/mol. The molecule has 3 rings (SSSR count). The third-order valence-corrected chi connectivity index (χ3v) is 8.12. The largest absolute Gasteiger partial charge is 0.381 e. The fraction of sp³-hybridized carbons (Fsp3) is 0.688. The van der Waals surface area contributed by atoms with Gasteiger partial charge < -0.3 is 14.4 Å². The Morgan fingerprint density at radius 3 is 2.96 bits per heavy atom. The Balaban J connectivity index is 1.69. The van der Waals surface area contributed by atoms with Gasteiger partial charge in [-0.15, -0.1) is 11.3 Å². The van der Waals surface area contributed by atoms with Crippen LogP contribution >= 0.6 is 11.3 Å². The quantitative estimate of drug-likeness (QED) is 0.757. The lowest BCUT2D eigenvalue weighted by atomic mass is 9.88. The Kier molecular flexibility index (Phi) is 5.79.